The molecule has 29 heavy (non-hydrogen) atoms. The second kappa shape index (κ2) is 8.23. The van der Waals surface area contributed by atoms with E-state index in [0.29, 0.717) is 26.6 Å². The number of benzene rings is 1. The maximum Gasteiger partial charge on any atom is 0.357 e. The molecule has 0 aliphatic heterocycles. The van der Waals surface area contributed by atoms with E-state index < -0.39 is 17.9 Å². The molecule has 1 unspecified atom stereocenters. The molecule has 0 aliphatic rings. The Morgan fingerprint density at radius 1 is 1.14 bits per heavy atom. The second-order valence-corrected chi connectivity index (χ2v) is 7.26. The van der Waals surface area contributed by atoms with Gasteiger partial charge in [-0.3, -0.25) is 14.6 Å². The standard InChI is InChI=1S/C20H17Cl2N3O4/c1-10(19(27)16-9-13(22)6-7-23-16)29-20(28)17-18(25(3)11(2)26)14-5-4-12(21)8-15(14)24-17/h4-10,24H,1-3H3. The topological polar surface area (TPSA) is 92.4 Å². The van der Waals surface area contributed by atoms with Crippen LogP contribution in [0.3, 0.4) is 0 Å². The lowest BCUT2D eigenvalue weighted by Gasteiger charge is -2.17. The normalized spacial score (nSPS) is 11.9. The Labute approximate surface area is 176 Å². The molecular formula is C20H17Cl2N3O4. The number of hydrogen-bond donors (Lipinski definition) is 1. The minimum atomic E-state index is -1.11. The Kier molecular flexibility index (Phi) is 5.91. The number of nitrogens with zero attached hydrogens (tertiary/aromatic N) is 2. The van der Waals surface area contributed by atoms with Crippen LogP contribution in [0.5, 0.6) is 0 Å². The number of amides is 1. The van der Waals surface area contributed by atoms with Gasteiger partial charge in [0.25, 0.3) is 0 Å². The van der Waals surface area contributed by atoms with Gasteiger partial charge in [0.05, 0.1) is 5.69 Å². The van der Waals surface area contributed by atoms with E-state index in [1.165, 1.54) is 37.1 Å². The highest BCUT2D eigenvalue weighted by atomic mass is 35.5. The summed E-state index contributed by atoms with van der Waals surface area (Å²) in [6.45, 7) is 2.82. The average molecular weight is 434 g/mol. The number of Topliss-reactive ketones (excluding diaryl/α,β-unsaturated/α-hetero) is 1. The van der Waals surface area contributed by atoms with Crippen LogP contribution in [0, 0.1) is 0 Å². The summed E-state index contributed by atoms with van der Waals surface area (Å²) < 4.78 is 5.35. The van der Waals surface area contributed by atoms with Crippen molar-refractivity contribution in [2.24, 2.45) is 0 Å². The summed E-state index contributed by atoms with van der Waals surface area (Å²) >= 11 is 11.9. The lowest BCUT2D eigenvalue weighted by molar-refractivity contribution is -0.116. The van der Waals surface area contributed by atoms with Gasteiger partial charge in [-0.2, -0.15) is 0 Å². The minimum absolute atomic E-state index is 0.0404. The monoisotopic (exact) mass is 433 g/mol. The van der Waals surface area contributed by atoms with Gasteiger partial charge >= 0.3 is 5.97 Å². The number of ketones is 1. The third-order valence-electron chi connectivity index (χ3n) is 4.37. The van der Waals surface area contributed by atoms with Gasteiger partial charge in [0.1, 0.15) is 11.4 Å². The van der Waals surface area contributed by atoms with Crippen LogP contribution in [0.1, 0.15) is 34.8 Å². The van der Waals surface area contributed by atoms with E-state index in [2.05, 4.69) is 9.97 Å². The fraction of sp³-hybridized carbons (Fsp3) is 0.200. The molecule has 1 amide bonds. The maximum atomic E-state index is 12.8. The number of rotatable bonds is 5. The highest BCUT2D eigenvalue weighted by Gasteiger charge is 2.27. The van der Waals surface area contributed by atoms with E-state index >= 15 is 0 Å². The van der Waals surface area contributed by atoms with Gasteiger partial charge in [-0.15, -0.1) is 0 Å². The van der Waals surface area contributed by atoms with E-state index in [1.54, 1.807) is 25.2 Å². The number of nitrogens with one attached hydrogen (secondary N) is 1. The second-order valence-electron chi connectivity index (χ2n) is 6.39. The predicted molar refractivity (Wildman–Crippen MR) is 111 cm³/mol. The highest BCUT2D eigenvalue weighted by molar-refractivity contribution is 6.31. The van der Waals surface area contributed by atoms with Crippen molar-refractivity contribution in [1.82, 2.24) is 9.97 Å². The van der Waals surface area contributed by atoms with Crippen LogP contribution in [-0.4, -0.2) is 40.8 Å². The SMILES string of the molecule is CC(=O)N(C)c1c(C(=O)OC(C)C(=O)c2cc(Cl)ccn2)[nH]c2cc(Cl)ccc12. The molecule has 2 aromatic heterocycles. The van der Waals surface area contributed by atoms with Crippen LogP contribution in [0.4, 0.5) is 5.69 Å². The Morgan fingerprint density at radius 2 is 1.83 bits per heavy atom. The van der Waals surface area contributed by atoms with Crippen molar-refractivity contribution in [2.75, 3.05) is 11.9 Å². The molecule has 1 atom stereocenters. The van der Waals surface area contributed by atoms with Gasteiger partial charge in [-0.25, -0.2) is 4.79 Å². The molecule has 7 nitrogen and oxygen atoms in total. The number of anilines is 1. The molecule has 0 aliphatic carbocycles. The van der Waals surface area contributed by atoms with Crippen LogP contribution in [-0.2, 0) is 9.53 Å². The summed E-state index contributed by atoms with van der Waals surface area (Å²) in [6, 6.07) is 7.92. The van der Waals surface area contributed by atoms with Crippen LogP contribution >= 0.6 is 23.2 Å². The number of aromatic nitrogens is 2. The Bertz CT molecular complexity index is 1130. The first-order valence-electron chi connectivity index (χ1n) is 8.61. The minimum Gasteiger partial charge on any atom is -0.449 e. The fourth-order valence-electron chi connectivity index (χ4n) is 2.83. The number of halogens is 2. The molecule has 9 heteroatoms. The van der Waals surface area contributed by atoms with E-state index in [-0.39, 0.29) is 17.3 Å². The number of pyridine rings is 1. The third-order valence-corrected chi connectivity index (χ3v) is 4.84. The highest BCUT2D eigenvalue weighted by Crippen LogP contribution is 2.33. The molecule has 0 saturated heterocycles. The molecule has 0 saturated carbocycles. The number of hydrogen-bond acceptors (Lipinski definition) is 5. The average Bonchev–Trinajstić information content (AvgIpc) is 3.05. The van der Waals surface area contributed by atoms with Crippen molar-refractivity contribution < 1.29 is 19.1 Å². The molecule has 0 radical (unpaired) electrons. The van der Waals surface area contributed by atoms with Crippen molar-refractivity contribution in [3.05, 3.63) is 58.0 Å². The number of aromatic amines is 1. The summed E-state index contributed by atoms with van der Waals surface area (Å²) in [6.07, 6.45) is 0.282. The van der Waals surface area contributed by atoms with E-state index in [1.807, 2.05) is 0 Å². The van der Waals surface area contributed by atoms with E-state index in [4.69, 9.17) is 27.9 Å². The van der Waals surface area contributed by atoms with Gasteiger partial charge < -0.3 is 14.6 Å². The number of fused-ring (bicyclic) bond motifs is 1. The van der Waals surface area contributed by atoms with Crippen LogP contribution in [0.15, 0.2) is 36.5 Å². The Hall–Kier alpha value is -2.90. The molecule has 0 spiro atoms. The molecule has 3 rings (SSSR count). The number of H-pyrrole nitrogens is 1. The van der Waals surface area contributed by atoms with Crippen LogP contribution < -0.4 is 4.90 Å². The van der Waals surface area contributed by atoms with Crippen molar-refractivity contribution in [1.29, 1.82) is 0 Å². The van der Waals surface area contributed by atoms with Gasteiger partial charge in [0, 0.05) is 41.1 Å². The quantitative estimate of drug-likeness (QED) is 0.478. The number of carbonyl (C=O) groups is 3. The molecule has 0 fully saturated rings. The van der Waals surface area contributed by atoms with Gasteiger partial charge in [0.2, 0.25) is 11.7 Å². The number of carbonyl (C=O) groups excluding carboxylic acids is 3. The van der Waals surface area contributed by atoms with Gasteiger partial charge in [-0.05, 0) is 37.3 Å². The largest absolute Gasteiger partial charge is 0.449 e. The Morgan fingerprint density at radius 3 is 2.48 bits per heavy atom. The number of ether oxygens (including phenoxy) is 1. The Balaban J connectivity index is 1.95. The predicted octanol–water partition coefficient (Wildman–Crippen LogP) is 4.28. The van der Waals surface area contributed by atoms with Crippen molar-refractivity contribution in [3.8, 4) is 0 Å². The van der Waals surface area contributed by atoms with E-state index in [0.717, 1.165) is 0 Å². The van der Waals surface area contributed by atoms with Crippen molar-refractivity contribution in [2.45, 2.75) is 20.0 Å². The first-order chi connectivity index (χ1) is 13.7. The summed E-state index contributed by atoms with van der Waals surface area (Å²) in [7, 11) is 1.54. The fourth-order valence-corrected chi connectivity index (χ4v) is 3.16. The zero-order valence-electron chi connectivity index (χ0n) is 15.8. The molecule has 1 aromatic carbocycles. The first kappa shape index (κ1) is 20.8. The zero-order chi connectivity index (χ0) is 21.3. The van der Waals surface area contributed by atoms with Crippen LogP contribution in [0.25, 0.3) is 10.9 Å². The summed E-state index contributed by atoms with van der Waals surface area (Å²) in [4.78, 5) is 45.5. The summed E-state index contributed by atoms with van der Waals surface area (Å²) in [5.41, 5.74) is 1.03. The zero-order valence-corrected chi connectivity index (χ0v) is 17.3. The van der Waals surface area contributed by atoms with Gasteiger partial charge in [0.15, 0.2) is 6.10 Å². The lowest BCUT2D eigenvalue weighted by Crippen LogP contribution is -2.28. The van der Waals surface area contributed by atoms with Gasteiger partial charge in [-0.1, -0.05) is 23.2 Å². The first-order valence-corrected chi connectivity index (χ1v) is 9.37. The molecule has 3 aromatic rings. The maximum absolute atomic E-state index is 12.8. The molecule has 1 N–H and O–H groups in total. The summed E-state index contributed by atoms with van der Waals surface area (Å²) in [5, 5.41) is 1.43. The lowest BCUT2D eigenvalue weighted by atomic mass is 10.1. The molecule has 0 bridgehead atoms. The van der Waals surface area contributed by atoms with E-state index in [9.17, 15) is 14.4 Å². The summed E-state index contributed by atoms with van der Waals surface area (Å²) in [5.74, 6) is -1.56. The van der Waals surface area contributed by atoms with Crippen molar-refractivity contribution >= 4 is 57.5 Å². The smallest absolute Gasteiger partial charge is 0.357 e. The molecule has 2 heterocycles. The third kappa shape index (κ3) is 4.26. The molecule has 150 valence electrons. The number of esters is 1. The van der Waals surface area contributed by atoms with Crippen LogP contribution in [0.2, 0.25) is 10.0 Å². The van der Waals surface area contributed by atoms with Crippen molar-refractivity contribution in [3.63, 3.8) is 0 Å². The molecular weight excluding hydrogens is 417 g/mol.